The van der Waals surface area contributed by atoms with E-state index in [0.29, 0.717) is 12.2 Å². The molecule has 1 aliphatic heterocycles. The minimum atomic E-state index is -3.73. The van der Waals surface area contributed by atoms with Gasteiger partial charge < -0.3 is 28.9 Å². The summed E-state index contributed by atoms with van der Waals surface area (Å²) in [6.45, 7) is 6.85. The number of hydrogen-bond acceptors (Lipinski definition) is 8. The van der Waals surface area contributed by atoms with E-state index in [1.807, 2.05) is 37.3 Å². The lowest BCUT2D eigenvalue weighted by atomic mass is 10.1. The molecule has 0 bridgehead atoms. The molecule has 224 valence electrons. The van der Waals surface area contributed by atoms with Crippen molar-refractivity contribution < 1.29 is 32.7 Å². The van der Waals surface area contributed by atoms with Gasteiger partial charge in [0.1, 0.15) is 16.9 Å². The fourth-order valence-corrected chi connectivity index (χ4v) is 6.29. The Bertz CT molecular complexity index is 1220. The summed E-state index contributed by atoms with van der Waals surface area (Å²) in [5.74, 6) is -1.14. The highest BCUT2D eigenvalue weighted by Gasteiger charge is 2.37. The SMILES string of the molecule is CCCCOC(=O)N1CCN(C(=O)C(CP(=O)(OCC)OCC)NC(=O)c2cc(-c3ccccc3)cc(Cl)n2)CC1. The highest BCUT2D eigenvalue weighted by Crippen LogP contribution is 2.48. The number of halogens is 1. The number of piperazine rings is 1. The smallest absolute Gasteiger partial charge is 0.409 e. The van der Waals surface area contributed by atoms with Gasteiger partial charge in [-0.1, -0.05) is 55.3 Å². The summed E-state index contributed by atoms with van der Waals surface area (Å²) in [5.41, 5.74) is 1.51. The van der Waals surface area contributed by atoms with Crippen LogP contribution in [0.1, 0.15) is 44.1 Å². The van der Waals surface area contributed by atoms with Crippen LogP contribution in [0.25, 0.3) is 11.1 Å². The number of aromatic nitrogens is 1. The van der Waals surface area contributed by atoms with Crippen molar-refractivity contribution >= 4 is 37.1 Å². The van der Waals surface area contributed by atoms with Gasteiger partial charge in [-0.25, -0.2) is 9.78 Å². The normalized spacial score (nSPS) is 14.4. The first-order valence-electron chi connectivity index (χ1n) is 13.8. The molecule has 0 radical (unpaired) electrons. The molecule has 3 rings (SSSR count). The summed E-state index contributed by atoms with van der Waals surface area (Å²) < 4.78 is 29.5. The highest BCUT2D eigenvalue weighted by atomic mass is 35.5. The van der Waals surface area contributed by atoms with Crippen LogP contribution in [0.5, 0.6) is 0 Å². The van der Waals surface area contributed by atoms with Crippen molar-refractivity contribution in [2.24, 2.45) is 0 Å². The first-order valence-corrected chi connectivity index (χ1v) is 15.9. The number of nitrogens with zero attached hydrogens (tertiary/aromatic N) is 3. The number of amides is 3. The Balaban J connectivity index is 1.79. The Labute approximate surface area is 246 Å². The third kappa shape index (κ3) is 9.53. The molecule has 13 heteroatoms. The quantitative estimate of drug-likeness (QED) is 0.194. The van der Waals surface area contributed by atoms with Crippen LogP contribution in [0, 0.1) is 0 Å². The monoisotopic (exact) mass is 608 g/mol. The van der Waals surface area contributed by atoms with Crippen LogP contribution in [-0.4, -0.2) is 90.9 Å². The number of nitrogens with one attached hydrogen (secondary N) is 1. The number of benzene rings is 1. The van der Waals surface area contributed by atoms with Crippen LogP contribution in [0.4, 0.5) is 4.79 Å². The molecule has 11 nitrogen and oxygen atoms in total. The van der Waals surface area contributed by atoms with Gasteiger partial charge in [0.05, 0.1) is 26.0 Å². The lowest BCUT2D eigenvalue weighted by molar-refractivity contribution is -0.134. The zero-order valence-corrected chi connectivity index (χ0v) is 25.4. The van der Waals surface area contributed by atoms with Crippen LogP contribution in [0.2, 0.25) is 5.15 Å². The standard InChI is InChI=1S/C28H38ClN4O7P/c1-4-7-17-38-28(36)33-15-13-32(14-16-33)27(35)24(20-41(37,39-5-2)40-6-3)31-26(34)23-18-22(19-25(29)30-23)21-11-9-8-10-12-21/h8-12,18-19,24H,4-7,13-17,20H2,1-3H3,(H,31,34). The van der Waals surface area contributed by atoms with Crippen molar-refractivity contribution in [3.8, 4) is 11.1 Å². The van der Waals surface area contributed by atoms with Gasteiger partial charge in [0.2, 0.25) is 5.91 Å². The van der Waals surface area contributed by atoms with Gasteiger partial charge in [-0.3, -0.25) is 14.2 Å². The number of hydrogen-bond donors (Lipinski definition) is 1. The Morgan fingerprint density at radius 3 is 2.22 bits per heavy atom. The molecule has 1 aliphatic rings. The highest BCUT2D eigenvalue weighted by molar-refractivity contribution is 7.54. The predicted octanol–water partition coefficient (Wildman–Crippen LogP) is 4.85. The fraction of sp³-hybridized carbons (Fsp3) is 0.500. The number of ether oxygens (including phenoxy) is 1. The fourth-order valence-electron chi connectivity index (χ4n) is 4.31. The van der Waals surface area contributed by atoms with Gasteiger partial charge in [-0.15, -0.1) is 0 Å². The minimum absolute atomic E-state index is 0.00329. The molecule has 1 saturated heterocycles. The average Bonchev–Trinajstić information content (AvgIpc) is 2.97. The summed E-state index contributed by atoms with van der Waals surface area (Å²) in [7, 11) is -3.73. The molecule has 0 aliphatic carbocycles. The van der Waals surface area contributed by atoms with E-state index >= 15 is 0 Å². The van der Waals surface area contributed by atoms with E-state index in [1.165, 1.54) is 4.90 Å². The molecular weight excluding hydrogens is 571 g/mol. The van der Waals surface area contributed by atoms with Crippen molar-refractivity contribution in [1.82, 2.24) is 20.1 Å². The van der Waals surface area contributed by atoms with Crippen LogP contribution in [0.15, 0.2) is 42.5 Å². The van der Waals surface area contributed by atoms with Crippen LogP contribution < -0.4 is 5.32 Å². The number of carbonyl (C=O) groups is 3. The summed E-state index contributed by atoms with van der Waals surface area (Å²) in [6.07, 6.45) is 0.896. The Hall–Kier alpha value is -2.98. The second-order valence-electron chi connectivity index (χ2n) is 9.37. The lowest BCUT2D eigenvalue weighted by Gasteiger charge is -2.36. The second-order valence-corrected chi connectivity index (χ2v) is 11.9. The molecular formula is C28H38ClN4O7P. The Kier molecular flexibility index (Phi) is 12.6. The van der Waals surface area contributed by atoms with Crippen molar-refractivity contribution in [3.63, 3.8) is 0 Å². The topological polar surface area (TPSA) is 127 Å². The summed E-state index contributed by atoms with van der Waals surface area (Å²) in [5, 5.41) is 2.80. The minimum Gasteiger partial charge on any atom is -0.449 e. The predicted molar refractivity (Wildman–Crippen MR) is 156 cm³/mol. The largest absolute Gasteiger partial charge is 0.449 e. The molecule has 0 saturated carbocycles. The van der Waals surface area contributed by atoms with E-state index in [0.717, 1.165) is 18.4 Å². The maximum atomic E-state index is 13.7. The number of pyridine rings is 1. The van der Waals surface area contributed by atoms with E-state index in [1.54, 1.807) is 30.9 Å². The first-order chi connectivity index (χ1) is 19.7. The molecule has 2 heterocycles. The van der Waals surface area contributed by atoms with Gasteiger partial charge in [-0.05, 0) is 43.5 Å². The molecule has 1 aromatic carbocycles. The van der Waals surface area contributed by atoms with Crippen molar-refractivity contribution in [2.75, 3.05) is 52.2 Å². The molecule has 1 N–H and O–H groups in total. The average molecular weight is 609 g/mol. The third-order valence-corrected chi connectivity index (χ3v) is 8.68. The van der Waals surface area contributed by atoms with Gasteiger partial charge in [0, 0.05) is 26.2 Å². The second kappa shape index (κ2) is 15.9. The molecule has 2 aromatic rings. The molecule has 1 unspecified atom stereocenters. The zero-order chi connectivity index (χ0) is 29.8. The number of rotatable bonds is 13. The Morgan fingerprint density at radius 1 is 0.976 bits per heavy atom. The molecule has 0 spiro atoms. The van der Waals surface area contributed by atoms with Crippen molar-refractivity contribution in [3.05, 3.63) is 53.3 Å². The van der Waals surface area contributed by atoms with E-state index in [2.05, 4.69) is 10.3 Å². The van der Waals surface area contributed by atoms with E-state index in [4.69, 9.17) is 25.4 Å². The van der Waals surface area contributed by atoms with Crippen molar-refractivity contribution in [1.29, 1.82) is 0 Å². The zero-order valence-electron chi connectivity index (χ0n) is 23.7. The van der Waals surface area contributed by atoms with E-state index in [9.17, 15) is 18.9 Å². The molecule has 1 atom stereocenters. The summed E-state index contributed by atoms with van der Waals surface area (Å²) in [4.78, 5) is 46.6. The maximum absolute atomic E-state index is 13.7. The van der Waals surface area contributed by atoms with Gasteiger partial charge in [-0.2, -0.15) is 0 Å². The molecule has 1 aromatic heterocycles. The maximum Gasteiger partial charge on any atom is 0.409 e. The lowest BCUT2D eigenvalue weighted by Crippen LogP contribution is -2.57. The Morgan fingerprint density at radius 2 is 1.61 bits per heavy atom. The number of carbonyl (C=O) groups excluding carboxylic acids is 3. The summed E-state index contributed by atoms with van der Waals surface area (Å²) in [6, 6.07) is 11.3. The summed E-state index contributed by atoms with van der Waals surface area (Å²) >= 11 is 6.24. The molecule has 3 amide bonds. The van der Waals surface area contributed by atoms with Gasteiger partial charge >= 0.3 is 13.7 Å². The van der Waals surface area contributed by atoms with E-state index in [-0.39, 0.29) is 56.4 Å². The van der Waals surface area contributed by atoms with Crippen molar-refractivity contribution in [2.45, 2.75) is 39.7 Å². The molecule has 1 fully saturated rings. The van der Waals surface area contributed by atoms with Gasteiger partial charge in [0.15, 0.2) is 0 Å². The first kappa shape index (κ1) is 32.5. The van der Waals surface area contributed by atoms with E-state index < -0.39 is 31.5 Å². The molecule has 41 heavy (non-hydrogen) atoms. The third-order valence-electron chi connectivity index (χ3n) is 6.37. The van der Waals surface area contributed by atoms with Crippen LogP contribution >= 0.6 is 19.2 Å². The number of unbranched alkanes of at least 4 members (excludes halogenated alkanes) is 1. The van der Waals surface area contributed by atoms with Crippen LogP contribution in [-0.2, 0) is 23.1 Å². The van der Waals surface area contributed by atoms with Gasteiger partial charge in [0.25, 0.3) is 5.91 Å². The van der Waals surface area contributed by atoms with Crippen LogP contribution in [0.3, 0.4) is 0 Å².